The summed E-state index contributed by atoms with van der Waals surface area (Å²) in [5.74, 6) is 1.15. The number of likely N-dealkylation sites (N-methyl/N-ethyl adjacent to an activating group) is 1. The fraction of sp³-hybridized carbons (Fsp3) is 0.400. The Morgan fingerprint density at radius 1 is 1.29 bits per heavy atom. The first kappa shape index (κ1) is 19.1. The SMILES string of the molecule is Cc1cccn2c(=O)c(/C=C3\SC(=S)N(C)C3=O)c(N3CCC(C)CC3)nc12. The lowest BCUT2D eigenvalue weighted by molar-refractivity contribution is -0.121. The summed E-state index contributed by atoms with van der Waals surface area (Å²) in [7, 11) is 1.65. The summed E-state index contributed by atoms with van der Waals surface area (Å²) < 4.78 is 2.05. The second-order valence-electron chi connectivity index (χ2n) is 7.45. The topological polar surface area (TPSA) is 57.9 Å². The molecular weight excluding hydrogens is 392 g/mol. The van der Waals surface area contributed by atoms with E-state index in [0.717, 1.165) is 31.5 Å². The molecule has 2 aliphatic rings. The van der Waals surface area contributed by atoms with Gasteiger partial charge in [-0.1, -0.05) is 37.0 Å². The average Bonchev–Trinajstić information content (AvgIpc) is 2.92. The average molecular weight is 415 g/mol. The zero-order chi connectivity index (χ0) is 20.0. The summed E-state index contributed by atoms with van der Waals surface area (Å²) in [6, 6.07) is 3.79. The van der Waals surface area contributed by atoms with Gasteiger partial charge in [0.25, 0.3) is 11.5 Å². The molecule has 0 unspecified atom stereocenters. The van der Waals surface area contributed by atoms with Gasteiger partial charge in [-0.15, -0.1) is 0 Å². The van der Waals surface area contributed by atoms with Crippen LogP contribution in [-0.2, 0) is 4.79 Å². The Hall–Kier alpha value is -2.19. The van der Waals surface area contributed by atoms with E-state index < -0.39 is 0 Å². The van der Waals surface area contributed by atoms with Gasteiger partial charge in [-0.3, -0.25) is 18.9 Å². The molecule has 0 aliphatic carbocycles. The van der Waals surface area contributed by atoms with Gasteiger partial charge in [0, 0.05) is 26.3 Å². The van der Waals surface area contributed by atoms with Crippen molar-refractivity contribution in [3.8, 4) is 0 Å². The molecule has 146 valence electrons. The molecule has 28 heavy (non-hydrogen) atoms. The van der Waals surface area contributed by atoms with E-state index >= 15 is 0 Å². The van der Waals surface area contributed by atoms with Crippen LogP contribution in [0, 0.1) is 12.8 Å². The number of fused-ring (bicyclic) bond motifs is 1. The number of amides is 1. The Labute approximate surface area is 173 Å². The summed E-state index contributed by atoms with van der Waals surface area (Å²) in [5, 5.41) is 0. The Morgan fingerprint density at radius 3 is 2.64 bits per heavy atom. The predicted molar refractivity (Wildman–Crippen MR) is 118 cm³/mol. The standard InChI is InChI=1S/C20H22N4O2S2/c1-12-6-9-23(10-7-12)17-14(11-15-19(26)22(3)20(27)28-15)18(25)24-8-4-5-13(2)16(24)21-17/h4-5,8,11-12H,6-7,9-10H2,1-3H3/b15-11-. The molecule has 2 saturated heterocycles. The molecule has 0 N–H and O–H groups in total. The van der Waals surface area contributed by atoms with Crippen molar-refractivity contribution in [3.05, 3.63) is 44.7 Å². The van der Waals surface area contributed by atoms with Crippen LogP contribution in [0.15, 0.2) is 28.0 Å². The van der Waals surface area contributed by atoms with Crippen LogP contribution in [0.3, 0.4) is 0 Å². The van der Waals surface area contributed by atoms with E-state index in [2.05, 4.69) is 11.8 Å². The number of thiocarbonyl (C=S) groups is 1. The predicted octanol–water partition coefficient (Wildman–Crippen LogP) is 3.07. The second-order valence-corrected chi connectivity index (χ2v) is 9.13. The van der Waals surface area contributed by atoms with Gasteiger partial charge in [0.15, 0.2) is 0 Å². The fourth-order valence-electron chi connectivity index (χ4n) is 3.56. The first-order valence-electron chi connectivity index (χ1n) is 9.35. The number of piperidine rings is 1. The zero-order valence-electron chi connectivity index (χ0n) is 16.1. The molecule has 0 radical (unpaired) electrons. The largest absolute Gasteiger partial charge is 0.356 e. The lowest BCUT2D eigenvalue weighted by Crippen LogP contribution is -2.36. The molecule has 0 spiro atoms. The zero-order valence-corrected chi connectivity index (χ0v) is 17.8. The Balaban J connectivity index is 1.92. The van der Waals surface area contributed by atoms with Gasteiger partial charge in [-0.25, -0.2) is 4.98 Å². The monoisotopic (exact) mass is 414 g/mol. The fourth-order valence-corrected chi connectivity index (χ4v) is 4.73. The molecule has 0 bridgehead atoms. The first-order valence-corrected chi connectivity index (χ1v) is 10.6. The highest BCUT2D eigenvalue weighted by molar-refractivity contribution is 8.26. The maximum absolute atomic E-state index is 13.4. The van der Waals surface area contributed by atoms with Crippen molar-refractivity contribution in [2.75, 3.05) is 25.0 Å². The van der Waals surface area contributed by atoms with Crippen molar-refractivity contribution in [1.29, 1.82) is 0 Å². The van der Waals surface area contributed by atoms with Crippen LogP contribution in [0.4, 0.5) is 5.82 Å². The van der Waals surface area contributed by atoms with E-state index in [-0.39, 0.29) is 11.5 Å². The molecule has 2 aliphatic heterocycles. The Kier molecular flexibility index (Phi) is 5.01. The number of carbonyl (C=O) groups is 1. The van der Waals surface area contributed by atoms with Gasteiger partial charge in [0.1, 0.15) is 15.8 Å². The van der Waals surface area contributed by atoms with Crippen LogP contribution in [0.2, 0.25) is 0 Å². The smallest absolute Gasteiger partial charge is 0.267 e. The summed E-state index contributed by atoms with van der Waals surface area (Å²) in [5.41, 5.74) is 1.88. The first-order chi connectivity index (χ1) is 13.4. The van der Waals surface area contributed by atoms with E-state index in [1.807, 2.05) is 19.1 Å². The third-order valence-corrected chi connectivity index (χ3v) is 6.89. The van der Waals surface area contributed by atoms with Crippen LogP contribution in [-0.4, -0.2) is 44.6 Å². The highest BCUT2D eigenvalue weighted by atomic mass is 32.2. The van der Waals surface area contributed by atoms with Gasteiger partial charge in [-0.05, 0) is 43.4 Å². The van der Waals surface area contributed by atoms with Crippen LogP contribution >= 0.6 is 24.0 Å². The normalized spacial score (nSPS) is 20.0. The van der Waals surface area contributed by atoms with Crippen LogP contribution < -0.4 is 10.5 Å². The molecule has 6 nitrogen and oxygen atoms in total. The Morgan fingerprint density at radius 2 is 2.00 bits per heavy atom. The van der Waals surface area contributed by atoms with Crippen molar-refractivity contribution in [2.45, 2.75) is 26.7 Å². The third-order valence-electron chi connectivity index (χ3n) is 5.41. The maximum atomic E-state index is 13.4. The molecule has 2 aromatic rings. The van der Waals surface area contributed by atoms with Crippen molar-refractivity contribution >= 4 is 51.7 Å². The Bertz CT molecular complexity index is 1070. The van der Waals surface area contributed by atoms with Gasteiger partial charge in [0.2, 0.25) is 0 Å². The molecular formula is C20H22N4O2S2. The molecule has 4 rings (SSSR count). The van der Waals surface area contributed by atoms with Crippen LogP contribution in [0.5, 0.6) is 0 Å². The highest BCUT2D eigenvalue weighted by Gasteiger charge is 2.30. The molecule has 2 fully saturated rings. The molecule has 4 heterocycles. The van der Waals surface area contributed by atoms with E-state index in [1.165, 1.54) is 16.7 Å². The van der Waals surface area contributed by atoms with Crippen LogP contribution in [0.1, 0.15) is 30.9 Å². The number of hydrogen-bond donors (Lipinski definition) is 0. The van der Waals surface area contributed by atoms with Crippen LogP contribution in [0.25, 0.3) is 11.7 Å². The molecule has 1 amide bonds. The van der Waals surface area contributed by atoms with Crippen molar-refractivity contribution in [3.63, 3.8) is 0 Å². The van der Waals surface area contributed by atoms with Crippen molar-refractivity contribution in [1.82, 2.24) is 14.3 Å². The summed E-state index contributed by atoms with van der Waals surface area (Å²) in [6.07, 6.45) is 5.51. The summed E-state index contributed by atoms with van der Waals surface area (Å²) in [4.78, 5) is 34.8. The number of pyridine rings is 1. The summed E-state index contributed by atoms with van der Waals surface area (Å²) in [6.45, 7) is 5.90. The molecule has 0 saturated carbocycles. The quantitative estimate of drug-likeness (QED) is 0.556. The minimum atomic E-state index is -0.179. The number of hydrogen-bond acceptors (Lipinski definition) is 6. The number of carbonyl (C=O) groups excluding carboxylic acids is 1. The van der Waals surface area contributed by atoms with Gasteiger partial charge in [-0.2, -0.15) is 0 Å². The van der Waals surface area contributed by atoms with E-state index in [9.17, 15) is 9.59 Å². The number of aromatic nitrogens is 2. The highest BCUT2D eigenvalue weighted by Crippen LogP contribution is 2.33. The lowest BCUT2D eigenvalue weighted by Gasteiger charge is -2.32. The minimum absolute atomic E-state index is 0.163. The number of anilines is 1. The number of rotatable bonds is 2. The number of thioether (sulfide) groups is 1. The van der Waals surface area contributed by atoms with Gasteiger partial charge >= 0.3 is 0 Å². The molecule has 8 heteroatoms. The lowest BCUT2D eigenvalue weighted by atomic mass is 9.99. The molecule has 0 aromatic carbocycles. The number of nitrogens with zero attached hydrogens (tertiary/aromatic N) is 4. The van der Waals surface area contributed by atoms with E-state index in [0.29, 0.717) is 32.2 Å². The number of aryl methyl sites for hydroxylation is 1. The van der Waals surface area contributed by atoms with E-state index in [1.54, 1.807) is 23.7 Å². The maximum Gasteiger partial charge on any atom is 0.267 e. The molecule has 0 atom stereocenters. The third kappa shape index (κ3) is 3.24. The summed E-state index contributed by atoms with van der Waals surface area (Å²) >= 11 is 6.45. The minimum Gasteiger partial charge on any atom is -0.356 e. The van der Waals surface area contributed by atoms with Crippen molar-refractivity contribution in [2.24, 2.45) is 5.92 Å². The molecule has 2 aromatic heterocycles. The van der Waals surface area contributed by atoms with Crippen molar-refractivity contribution < 1.29 is 4.79 Å². The van der Waals surface area contributed by atoms with Gasteiger partial charge < -0.3 is 4.90 Å². The second kappa shape index (κ2) is 7.33. The van der Waals surface area contributed by atoms with Gasteiger partial charge in [0.05, 0.1) is 10.5 Å². The van der Waals surface area contributed by atoms with E-state index in [4.69, 9.17) is 17.2 Å².